The molecule has 0 spiro atoms. The molecule has 0 N–H and O–H groups in total. The Balaban J connectivity index is 3.30. The zero-order valence-corrected chi connectivity index (χ0v) is 7.99. The molecule has 1 rings (SSSR count). The van der Waals surface area contributed by atoms with Gasteiger partial charge in [-0.2, -0.15) is 0 Å². The van der Waals surface area contributed by atoms with Gasteiger partial charge in [0, 0.05) is 5.56 Å². The van der Waals surface area contributed by atoms with E-state index in [0.29, 0.717) is 17.5 Å². The molecule has 3 nitrogen and oxygen atoms in total. The normalized spacial score (nSPS) is 9.43. The third-order valence-electron chi connectivity index (χ3n) is 1.98. The maximum absolute atomic E-state index is 10.8. The Morgan fingerprint density at radius 3 is 2.79 bits per heavy atom. The Bertz CT molecular complexity index is 391. The number of hydrogen-bond donors (Lipinski definition) is 0. The number of nitrogens with zero attached hydrogens (tertiary/aromatic N) is 1. The van der Waals surface area contributed by atoms with Gasteiger partial charge >= 0.3 is 0 Å². The van der Waals surface area contributed by atoms with Crippen LogP contribution in [0.2, 0.25) is 0 Å². The van der Waals surface area contributed by atoms with Crippen molar-refractivity contribution in [3.63, 3.8) is 0 Å². The molecule has 0 bridgehead atoms. The molecule has 72 valence electrons. The van der Waals surface area contributed by atoms with E-state index in [-0.39, 0.29) is 5.69 Å². The van der Waals surface area contributed by atoms with Crippen molar-refractivity contribution in [3.8, 4) is 12.3 Å². The van der Waals surface area contributed by atoms with E-state index >= 15 is 0 Å². The lowest BCUT2D eigenvalue weighted by atomic mass is 10.0. The van der Waals surface area contributed by atoms with Crippen molar-refractivity contribution < 1.29 is 4.92 Å². The Morgan fingerprint density at radius 2 is 2.29 bits per heavy atom. The quantitative estimate of drug-likeness (QED) is 0.416. The first-order chi connectivity index (χ1) is 6.70. The van der Waals surface area contributed by atoms with Crippen LogP contribution in [0.3, 0.4) is 0 Å². The van der Waals surface area contributed by atoms with Crippen LogP contribution in [0.1, 0.15) is 24.5 Å². The molecule has 0 fully saturated rings. The predicted molar refractivity (Wildman–Crippen MR) is 55.0 cm³/mol. The van der Waals surface area contributed by atoms with Gasteiger partial charge in [-0.1, -0.05) is 31.4 Å². The van der Waals surface area contributed by atoms with Gasteiger partial charge in [-0.25, -0.2) is 0 Å². The summed E-state index contributed by atoms with van der Waals surface area (Å²) in [6.07, 6.45) is 6.76. The van der Waals surface area contributed by atoms with Crippen molar-refractivity contribution in [1.29, 1.82) is 0 Å². The second kappa shape index (κ2) is 4.43. The number of nitro groups is 1. The lowest BCUT2D eigenvalue weighted by Gasteiger charge is -2.02. The molecule has 0 aliphatic carbocycles. The van der Waals surface area contributed by atoms with Crippen LogP contribution in [0.4, 0.5) is 5.69 Å². The van der Waals surface area contributed by atoms with Crippen LogP contribution in [-0.4, -0.2) is 4.92 Å². The molecule has 0 heterocycles. The molecule has 0 unspecified atom stereocenters. The van der Waals surface area contributed by atoms with E-state index in [2.05, 4.69) is 5.92 Å². The number of benzene rings is 1. The average molecular weight is 189 g/mol. The number of para-hydroxylation sites is 1. The van der Waals surface area contributed by atoms with Gasteiger partial charge in [0.2, 0.25) is 0 Å². The smallest absolute Gasteiger partial charge is 0.258 e. The number of rotatable bonds is 3. The van der Waals surface area contributed by atoms with E-state index < -0.39 is 4.92 Å². The third-order valence-corrected chi connectivity index (χ3v) is 1.98. The Kier molecular flexibility index (Phi) is 3.24. The van der Waals surface area contributed by atoms with Crippen LogP contribution in [0.5, 0.6) is 0 Å². The average Bonchev–Trinajstić information content (AvgIpc) is 2.17. The highest BCUT2D eigenvalue weighted by Crippen LogP contribution is 2.24. The maximum Gasteiger partial charge on any atom is 0.288 e. The lowest BCUT2D eigenvalue weighted by molar-refractivity contribution is -0.385. The largest absolute Gasteiger partial charge is 0.288 e. The van der Waals surface area contributed by atoms with Crippen molar-refractivity contribution in [2.45, 2.75) is 19.8 Å². The molecule has 0 saturated heterocycles. The number of terminal acetylenes is 1. The molecule has 0 amide bonds. The molecule has 3 heteroatoms. The summed E-state index contributed by atoms with van der Waals surface area (Å²) in [5, 5.41) is 10.8. The molecular formula is C11H11NO2. The van der Waals surface area contributed by atoms with Gasteiger partial charge in [0.15, 0.2) is 0 Å². The minimum atomic E-state index is -0.403. The van der Waals surface area contributed by atoms with Gasteiger partial charge in [0.05, 0.1) is 4.92 Å². The van der Waals surface area contributed by atoms with Gasteiger partial charge in [0.25, 0.3) is 5.69 Å². The summed E-state index contributed by atoms with van der Waals surface area (Å²) < 4.78 is 0. The van der Waals surface area contributed by atoms with Gasteiger partial charge in [-0.05, 0) is 12.5 Å². The van der Waals surface area contributed by atoms with E-state index in [1.165, 1.54) is 0 Å². The van der Waals surface area contributed by atoms with Crippen LogP contribution in [0.25, 0.3) is 0 Å². The minimum absolute atomic E-state index is 0.0804. The first-order valence-corrected chi connectivity index (χ1v) is 4.43. The van der Waals surface area contributed by atoms with Crippen LogP contribution < -0.4 is 0 Å². The summed E-state index contributed by atoms with van der Waals surface area (Å²) in [6, 6.07) is 5.10. The summed E-state index contributed by atoms with van der Waals surface area (Å²) in [4.78, 5) is 10.4. The highest BCUT2D eigenvalue weighted by atomic mass is 16.6. The summed E-state index contributed by atoms with van der Waals surface area (Å²) in [7, 11) is 0. The highest BCUT2D eigenvalue weighted by Gasteiger charge is 2.16. The highest BCUT2D eigenvalue weighted by molar-refractivity contribution is 5.55. The minimum Gasteiger partial charge on any atom is -0.258 e. The van der Waals surface area contributed by atoms with Gasteiger partial charge < -0.3 is 0 Å². The number of hydrogen-bond acceptors (Lipinski definition) is 2. The molecule has 0 aliphatic heterocycles. The van der Waals surface area contributed by atoms with Crippen molar-refractivity contribution >= 4 is 5.69 Å². The van der Waals surface area contributed by atoms with Crippen LogP contribution in [0, 0.1) is 22.5 Å². The SMILES string of the molecule is C#Cc1cccc(CCC)c1[N+](=O)[O-]. The summed E-state index contributed by atoms with van der Waals surface area (Å²) in [5.41, 5.74) is 1.16. The first-order valence-electron chi connectivity index (χ1n) is 4.43. The fourth-order valence-corrected chi connectivity index (χ4v) is 1.39. The second-order valence-corrected chi connectivity index (χ2v) is 2.96. The van der Waals surface area contributed by atoms with E-state index in [9.17, 15) is 10.1 Å². The van der Waals surface area contributed by atoms with Crippen molar-refractivity contribution in [2.24, 2.45) is 0 Å². The van der Waals surface area contributed by atoms with E-state index in [4.69, 9.17) is 6.42 Å². The van der Waals surface area contributed by atoms with Gasteiger partial charge in [0.1, 0.15) is 5.56 Å². The summed E-state index contributed by atoms with van der Waals surface area (Å²) >= 11 is 0. The molecular weight excluding hydrogens is 178 g/mol. The topological polar surface area (TPSA) is 43.1 Å². The summed E-state index contributed by atoms with van der Waals surface area (Å²) in [5.74, 6) is 2.33. The molecule has 14 heavy (non-hydrogen) atoms. The molecule has 0 radical (unpaired) electrons. The molecule has 0 atom stereocenters. The van der Waals surface area contributed by atoms with Gasteiger partial charge in [-0.3, -0.25) is 10.1 Å². The fourth-order valence-electron chi connectivity index (χ4n) is 1.39. The van der Waals surface area contributed by atoms with Crippen LogP contribution >= 0.6 is 0 Å². The molecule has 1 aromatic rings. The lowest BCUT2D eigenvalue weighted by Crippen LogP contribution is -1.98. The Labute approximate surface area is 82.9 Å². The second-order valence-electron chi connectivity index (χ2n) is 2.96. The van der Waals surface area contributed by atoms with Crippen molar-refractivity contribution in [3.05, 3.63) is 39.4 Å². The zero-order valence-electron chi connectivity index (χ0n) is 7.99. The van der Waals surface area contributed by atoms with Crippen LogP contribution in [-0.2, 0) is 6.42 Å². The molecule has 0 aliphatic rings. The van der Waals surface area contributed by atoms with Crippen molar-refractivity contribution in [2.75, 3.05) is 0 Å². The Morgan fingerprint density at radius 1 is 1.57 bits per heavy atom. The summed E-state index contributed by atoms with van der Waals surface area (Å²) in [6.45, 7) is 1.98. The molecule has 1 aromatic carbocycles. The number of nitro benzene ring substituents is 1. The molecule has 0 aromatic heterocycles. The van der Waals surface area contributed by atoms with Gasteiger partial charge in [-0.15, -0.1) is 6.42 Å². The van der Waals surface area contributed by atoms with E-state index in [1.54, 1.807) is 18.2 Å². The first kappa shape index (κ1) is 10.3. The van der Waals surface area contributed by atoms with Crippen LogP contribution in [0.15, 0.2) is 18.2 Å². The zero-order chi connectivity index (χ0) is 10.6. The maximum atomic E-state index is 10.8. The predicted octanol–water partition coefficient (Wildman–Crippen LogP) is 2.53. The third kappa shape index (κ3) is 1.91. The van der Waals surface area contributed by atoms with E-state index in [1.807, 2.05) is 6.92 Å². The Hall–Kier alpha value is -1.82. The molecule has 0 saturated carbocycles. The monoisotopic (exact) mass is 189 g/mol. The standard InChI is InChI=1S/C11H11NO2/c1-3-6-10-8-5-7-9(4-2)11(10)12(13)14/h2,5,7-8H,3,6H2,1H3. The fraction of sp³-hybridized carbons (Fsp3) is 0.273. The van der Waals surface area contributed by atoms with Crippen molar-refractivity contribution in [1.82, 2.24) is 0 Å². The van der Waals surface area contributed by atoms with E-state index in [0.717, 1.165) is 6.42 Å². The number of aryl methyl sites for hydroxylation is 1.